The van der Waals surface area contributed by atoms with Crippen molar-refractivity contribution in [2.45, 2.75) is 26.6 Å². The Morgan fingerprint density at radius 2 is 2.03 bits per heavy atom. The van der Waals surface area contributed by atoms with Gasteiger partial charge in [-0.2, -0.15) is 5.10 Å². The van der Waals surface area contributed by atoms with Gasteiger partial charge in [-0.1, -0.05) is 23.4 Å². The minimum Gasteiger partial charge on any atom is -0.489 e. The first kappa shape index (κ1) is 21.6. The molecule has 0 saturated heterocycles. The monoisotopic (exact) mass is 439 g/mol. The van der Waals surface area contributed by atoms with Crippen molar-refractivity contribution in [1.29, 1.82) is 0 Å². The van der Waals surface area contributed by atoms with Crippen LogP contribution in [-0.4, -0.2) is 58.5 Å². The van der Waals surface area contributed by atoms with Gasteiger partial charge in [-0.25, -0.2) is 0 Å². The molecular weight excluding hydrogens is 414 g/mol. The lowest BCUT2D eigenvalue weighted by Crippen LogP contribution is -2.39. The van der Waals surface area contributed by atoms with E-state index in [1.165, 1.54) is 0 Å². The third-order valence-corrected chi connectivity index (χ3v) is 5.22. The summed E-state index contributed by atoms with van der Waals surface area (Å²) < 4.78 is 17.8. The van der Waals surface area contributed by atoms with Crippen LogP contribution in [0.4, 0.5) is 0 Å². The molecule has 1 aromatic carbocycles. The van der Waals surface area contributed by atoms with Gasteiger partial charge in [-0.05, 0) is 25.1 Å². The number of carbonyl (C=O) groups excluding carboxylic acids is 2. The molecule has 0 bridgehead atoms. The van der Waals surface area contributed by atoms with E-state index >= 15 is 0 Å². The highest BCUT2D eigenvalue weighted by molar-refractivity contribution is 5.94. The number of nitrogens with one attached hydrogen (secondary N) is 1. The van der Waals surface area contributed by atoms with Gasteiger partial charge in [0.2, 0.25) is 0 Å². The average Bonchev–Trinajstić information content (AvgIpc) is 3.41. The molecule has 1 aliphatic heterocycles. The fraction of sp³-hybridized carbons (Fsp3) is 0.364. The number of para-hydroxylation sites is 1. The zero-order valence-electron chi connectivity index (χ0n) is 18.0. The summed E-state index contributed by atoms with van der Waals surface area (Å²) in [4.78, 5) is 27.1. The number of ether oxygens (including phenoxy) is 2. The Balaban J connectivity index is 1.44. The Kier molecular flexibility index (Phi) is 6.50. The number of rotatable bonds is 8. The van der Waals surface area contributed by atoms with Crippen molar-refractivity contribution in [2.24, 2.45) is 0 Å². The van der Waals surface area contributed by atoms with E-state index in [2.05, 4.69) is 15.6 Å². The minimum atomic E-state index is -0.269. The number of aromatic nitrogens is 3. The Bertz CT molecular complexity index is 1090. The number of nitrogens with zero attached hydrogens (tertiary/aromatic N) is 4. The molecule has 0 radical (unpaired) electrons. The molecule has 0 unspecified atom stereocenters. The molecule has 0 fully saturated rings. The van der Waals surface area contributed by atoms with Gasteiger partial charge >= 0.3 is 0 Å². The third-order valence-electron chi connectivity index (χ3n) is 5.22. The normalized spacial score (nSPS) is 13.0. The van der Waals surface area contributed by atoms with Gasteiger partial charge in [0.05, 0.1) is 31.0 Å². The van der Waals surface area contributed by atoms with Crippen LogP contribution in [0.1, 0.15) is 38.0 Å². The second kappa shape index (κ2) is 9.65. The predicted molar refractivity (Wildman–Crippen MR) is 113 cm³/mol. The van der Waals surface area contributed by atoms with Gasteiger partial charge < -0.3 is 24.2 Å². The first-order valence-electron chi connectivity index (χ1n) is 10.3. The first-order chi connectivity index (χ1) is 15.6. The van der Waals surface area contributed by atoms with Gasteiger partial charge in [0.25, 0.3) is 11.8 Å². The van der Waals surface area contributed by atoms with E-state index in [1.54, 1.807) is 29.7 Å². The molecule has 2 amide bonds. The van der Waals surface area contributed by atoms with Crippen molar-refractivity contribution >= 4 is 11.8 Å². The predicted octanol–water partition coefficient (Wildman–Crippen LogP) is 1.79. The molecule has 2 aromatic heterocycles. The number of hydrogen-bond donors (Lipinski definition) is 1. The molecule has 32 heavy (non-hydrogen) atoms. The Morgan fingerprint density at radius 1 is 1.22 bits per heavy atom. The lowest BCUT2D eigenvalue weighted by atomic mass is 10.1. The Hall–Kier alpha value is -3.66. The number of fused-ring (bicyclic) bond motifs is 1. The Labute approximate surface area is 185 Å². The minimum absolute atomic E-state index is 0.179. The summed E-state index contributed by atoms with van der Waals surface area (Å²) >= 11 is 0. The molecular formula is C22H25N5O5. The summed E-state index contributed by atoms with van der Waals surface area (Å²) in [6.45, 7) is 4.02. The molecule has 4 rings (SSSR count). The van der Waals surface area contributed by atoms with Crippen LogP contribution in [0.3, 0.4) is 0 Å². The number of benzene rings is 1. The SMILES string of the molecule is COCCNC(=O)c1cc2n(n1)CCN(C(=O)c1noc(C)c1COc1ccccc1)C2. The van der Waals surface area contributed by atoms with Gasteiger partial charge in [-0.3, -0.25) is 14.3 Å². The zero-order chi connectivity index (χ0) is 22.5. The fourth-order valence-corrected chi connectivity index (χ4v) is 3.46. The summed E-state index contributed by atoms with van der Waals surface area (Å²) in [7, 11) is 1.57. The molecule has 3 heterocycles. The summed E-state index contributed by atoms with van der Waals surface area (Å²) in [6.07, 6.45) is 0. The first-order valence-corrected chi connectivity index (χ1v) is 10.3. The van der Waals surface area contributed by atoms with E-state index < -0.39 is 0 Å². The largest absolute Gasteiger partial charge is 0.489 e. The van der Waals surface area contributed by atoms with Crippen LogP contribution in [0.2, 0.25) is 0 Å². The van der Waals surface area contributed by atoms with E-state index in [0.29, 0.717) is 55.6 Å². The van der Waals surface area contributed by atoms with Crippen LogP contribution in [0.25, 0.3) is 0 Å². The molecule has 168 valence electrons. The third kappa shape index (κ3) is 4.65. The number of amides is 2. The van der Waals surface area contributed by atoms with Crippen LogP contribution in [-0.2, 0) is 24.4 Å². The maximum atomic E-state index is 13.2. The second-order valence-electron chi connectivity index (χ2n) is 7.39. The average molecular weight is 439 g/mol. The molecule has 10 nitrogen and oxygen atoms in total. The lowest BCUT2D eigenvalue weighted by Gasteiger charge is -2.27. The topological polar surface area (TPSA) is 112 Å². The van der Waals surface area contributed by atoms with Crippen LogP contribution < -0.4 is 10.1 Å². The standard InChI is InChI=1S/C22H25N5O5/c1-15-18(14-31-17-6-4-3-5-7-17)20(25-32-15)22(29)26-9-10-27-16(13-26)12-19(24-27)21(28)23-8-11-30-2/h3-7,12H,8-11,13-14H2,1-2H3,(H,23,28). The van der Waals surface area contributed by atoms with Gasteiger partial charge in [0, 0.05) is 20.2 Å². The molecule has 10 heteroatoms. The van der Waals surface area contributed by atoms with E-state index in [1.807, 2.05) is 30.3 Å². The van der Waals surface area contributed by atoms with Crippen LogP contribution in [0.5, 0.6) is 5.75 Å². The number of methoxy groups -OCH3 is 1. The van der Waals surface area contributed by atoms with Gasteiger partial charge in [-0.15, -0.1) is 0 Å². The maximum Gasteiger partial charge on any atom is 0.276 e. The summed E-state index contributed by atoms with van der Waals surface area (Å²) in [5.74, 6) is 0.729. The molecule has 1 aliphatic rings. The smallest absolute Gasteiger partial charge is 0.276 e. The van der Waals surface area contributed by atoms with E-state index in [-0.39, 0.29) is 24.1 Å². The molecule has 1 N–H and O–H groups in total. The van der Waals surface area contributed by atoms with Crippen molar-refractivity contribution in [3.05, 3.63) is 64.8 Å². The highest BCUT2D eigenvalue weighted by atomic mass is 16.5. The van der Waals surface area contributed by atoms with Gasteiger partial charge in [0.15, 0.2) is 11.4 Å². The van der Waals surface area contributed by atoms with Crippen molar-refractivity contribution < 1.29 is 23.6 Å². The molecule has 0 spiro atoms. The number of carbonyl (C=O) groups is 2. The summed E-state index contributed by atoms with van der Waals surface area (Å²) in [5, 5.41) is 11.1. The van der Waals surface area contributed by atoms with Crippen LogP contribution in [0.15, 0.2) is 40.9 Å². The summed E-state index contributed by atoms with van der Waals surface area (Å²) in [6, 6.07) is 11.1. The highest BCUT2D eigenvalue weighted by Crippen LogP contribution is 2.21. The Morgan fingerprint density at radius 3 is 2.81 bits per heavy atom. The van der Waals surface area contributed by atoms with Crippen LogP contribution in [0, 0.1) is 6.92 Å². The highest BCUT2D eigenvalue weighted by Gasteiger charge is 2.29. The van der Waals surface area contributed by atoms with E-state index in [0.717, 1.165) is 5.69 Å². The van der Waals surface area contributed by atoms with E-state index in [9.17, 15) is 9.59 Å². The maximum absolute atomic E-state index is 13.2. The summed E-state index contributed by atoms with van der Waals surface area (Å²) in [5.41, 5.74) is 1.96. The molecule has 3 aromatic rings. The molecule has 0 atom stereocenters. The quantitative estimate of drug-likeness (QED) is 0.533. The van der Waals surface area contributed by atoms with Crippen molar-refractivity contribution in [1.82, 2.24) is 25.2 Å². The zero-order valence-corrected chi connectivity index (χ0v) is 18.0. The van der Waals surface area contributed by atoms with E-state index in [4.69, 9.17) is 14.0 Å². The van der Waals surface area contributed by atoms with Crippen LogP contribution >= 0.6 is 0 Å². The van der Waals surface area contributed by atoms with Gasteiger partial charge in [0.1, 0.15) is 18.1 Å². The lowest BCUT2D eigenvalue weighted by molar-refractivity contribution is 0.0692. The molecule has 0 saturated carbocycles. The van der Waals surface area contributed by atoms with Crippen molar-refractivity contribution in [3.63, 3.8) is 0 Å². The number of aryl methyl sites for hydroxylation is 1. The fourth-order valence-electron chi connectivity index (χ4n) is 3.46. The van der Waals surface area contributed by atoms with Crippen molar-refractivity contribution in [3.8, 4) is 5.75 Å². The molecule has 0 aliphatic carbocycles. The van der Waals surface area contributed by atoms with Crippen molar-refractivity contribution in [2.75, 3.05) is 26.8 Å². The second-order valence-corrected chi connectivity index (χ2v) is 7.39. The number of hydrogen-bond acceptors (Lipinski definition) is 7.